The molecular formula is C23H26N8O2S. The van der Waals surface area contributed by atoms with Gasteiger partial charge in [-0.1, -0.05) is 0 Å². The van der Waals surface area contributed by atoms with E-state index in [4.69, 9.17) is 0 Å². The van der Waals surface area contributed by atoms with Crippen molar-refractivity contribution in [2.75, 3.05) is 43.4 Å². The van der Waals surface area contributed by atoms with Gasteiger partial charge >= 0.3 is 0 Å². The first-order valence-electron chi connectivity index (χ1n) is 11.0. The molecule has 0 bridgehead atoms. The summed E-state index contributed by atoms with van der Waals surface area (Å²) < 4.78 is 26.2. The Morgan fingerprint density at radius 1 is 0.971 bits per heavy atom. The molecule has 0 atom stereocenters. The molecule has 1 saturated heterocycles. The lowest BCUT2D eigenvalue weighted by atomic mass is 10.1. The SMILES string of the molecule is CN1CCN(c2ccc(Nc3ncc4ccc(-c5cnccc5CN[SH](=O)=O)n4n3)cc2)CC1. The standard InChI is InChI=1S/C23H26N8O2S/c1-29-10-12-30(13-11-29)19-4-2-18(3-5-19)27-23-25-15-20-6-7-22(31(20)28-23)21-16-24-9-8-17(21)14-26-34(32)33/h2-9,15-16,34H,10-14H2,1H3,(H,27,28)(H,26,32,33). The lowest BCUT2D eigenvalue weighted by Crippen LogP contribution is -2.44. The minimum atomic E-state index is -2.69. The fraction of sp³-hybridized carbons (Fsp3) is 0.261. The second-order valence-corrected chi connectivity index (χ2v) is 9.05. The van der Waals surface area contributed by atoms with E-state index >= 15 is 0 Å². The molecule has 0 spiro atoms. The van der Waals surface area contributed by atoms with E-state index in [0.29, 0.717) is 5.95 Å². The molecule has 3 aromatic heterocycles. The lowest BCUT2D eigenvalue weighted by molar-refractivity contribution is 0.313. The highest BCUT2D eigenvalue weighted by atomic mass is 32.2. The summed E-state index contributed by atoms with van der Waals surface area (Å²) in [5.74, 6) is 0.462. The Bertz CT molecular complexity index is 1350. The van der Waals surface area contributed by atoms with Gasteiger partial charge in [-0.25, -0.2) is 22.6 Å². The largest absolute Gasteiger partial charge is 0.369 e. The molecule has 4 aromatic rings. The number of pyridine rings is 1. The van der Waals surface area contributed by atoms with E-state index in [0.717, 1.165) is 54.2 Å². The van der Waals surface area contributed by atoms with Gasteiger partial charge in [-0.15, -0.1) is 5.10 Å². The molecule has 176 valence electrons. The highest BCUT2D eigenvalue weighted by Gasteiger charge is 2.15. The average Bonchev–Trinajstić information content (AvgIpc) is 3.27. The first-order chi connectivity index (χ1) is 16.6. The number of anilines is 3. The molecule has 10 nitrogen and oxygen atoms in total. The number of nitrogens with one attached hydrogen (secondary N) is 2. The lowest BCUT2D eigenvalue weighted by Gasteiger charge is -2.34. The number of hydrogen-bond acceptors (Lipinski definition) is 8. The molecule has 1 aliphatic rings. The van der Waals surface area contributed by atoms with Crippen molar-refractivity contribution in [3.05, 3.63) is 66.6 Å². The zero-order valence-corrected chi connectivity index (χ0v) is 19.7. The van der Waals surface area contributed by atoms with Gasteiger partial charge in [0.25, 0.3) is 0 Å². The van der Waals surface area contributed by atoms with Crippen LogP contribution in [-0.2, 0) is 17.4 Å². The second-order valence-electron chi connectivity index (χ2n) is 8.22. The van der Waals surface area contributed by atoms with E-state index in [2.05, 4.69) is 54.1 Å². The minimum absolute atomic E-state index is 0.180. The van der Waals surface area contributed by atoms with Crippen molar-refractivity contribution in [1.29, 1.82) is 0 Å². The molecule has 1 aliphatic heterocycles. The van der Waals surface area contributed by atoms with Crippen LogP contribution in [0, 0.1) is 0 Å². The Morgan fingerprint density at radius 2 is 1.76 bits per heavy atom. The average molecular weight is 479 g/mol. The van der Waals surface area contributed by atoms with Gasteiger partial charge in [0.15, 0.2) is 0 Å². The first kappa shape index (κ1) is 22.3. The Hall–Kier alpha value is -3.54. The third-order valence-electron chi connectivity index (χ3n) is 5.98. The highest BCUT2D eigenvalue weighted by molar-refractivity contribution is 7.70. The Kier molecular flexibility index (Phi) is 6.39. The van der Waals surface area contributed by atoms with Crippen LogP contribution in [-0.4, -0.2) is 66.1 Å². The summed E-state index contributed by atoms with van der Waals surface area (Å²) in [4.78, 5) is 13.4. The van der Waals surface area contributed by atoms with Gasteiger partial charge in [0.2, 0.25) is 16.8 Å². The smallest absolute Gasteiger partial charge is 0.245 e. The number of hydrogen-bond donors (Lipinski definition) is 3. The molecule has 4 heterocycles. The molecular weight excluding hydrogens is 452 g/mol. The maximum Gasteiger partial charge on any atom is 0.245 e. The van der Waals surface area contributed by atoms with Gasteiger partial charge in [0.1, 0.15) is 0 Å². The first-order valence-corrected chi connectivity index (χ1v) is 12.2. The predicted octanol–water partition coefficient (Wildman–Crippen LogP) is 1.90. The molecule has 0 saturated carbocycles. The van der Waals surface area contributed by atoms with Crippen LogP contribution in [0.2, 0.25) is 0 Å². The summed E-state index contributed by atoms with van der Waals surface area (Å²) >= 11 is 0. The van der Waals surface area contributed by atoms with Crippen molar-refractivity contribution in [3.63, 3.8) is 0 Å². The Labute approximate surface area is 199 Å². The minimum Gasteiger partial charge on any atom is -0.369 e. The molecule has 11 heteroatoms. The fourth-order valence-electron chi connectivity index (χ4n) is 4.07. The molecule has 0 aliphatic carbocycles. The number of rotatable bonds is 7. The van der Waals surface area contributed by atoms with E-state index in [9.17, 15) is 8.42 Å². The summed E-state index contributed by atoms with van der Waals surface area (Å²) in [5.41, 5.74) is 5.34. The van der Waals surface area contributed by atoms with Crippen LogP contribution in [0.3, 0.4) is 0 Å². The van der Waals surface area contributed by atoms with Crippen molar-refractivity contribution < 1.29 is 8.42 Å². The number of piperazine rings is 1. The molecule has 34 heavy (non-hydrogen) atoms. The normalized spacial score (nSPS) is 14.7. The quantitative estimate of drug-likeness (QED) is 0.346. The molecule has 5 rings (SSSR count). The third-order valence-corrected chi connectivity index (χ3v) is 6.39. The van der Waals surface area contributed by atoms with E-state index in [1.807, 2.05) is 24.3 Å². The van der Waals surface area contributed by atoms with Crippen molar-refractivity contribution in [1.82, 2.24) is 29.2 Å². The number of nitrogens with zero attached hydrogens (tertiary/aromatic N) is 6. The zero-order chi connectivity index (χ0) is 23.5. The maximum atomic E-state index is 11.0. The van der Waals surface area contributed by atoms with Gasteiger partial charge < -0.3 is 15.1 Å². The van der Waals surface area contributed by atoms with Crippen LogP contribution in [0.15, 0.2) is 61.1 Å². The van der Waals surface area contributed by atoms with Crippen molar-refractivity contribution in [3.8, 4) is 11.3 Å². The van der Waals surface area contributed by atoms with Gasteiger partial charge in [0.05, 0.1) is 17.4 Å². The van der Waals surface area contributed by atoms with Crippen LogP contribution in [0.25, 0.3) is 16.8 Å². The summed E-state index contributed by atoms with van der Waals surface area (Å²) in [6, 6.07) is 13.9. The maximum absolute atomic E-state index is 11.0. The van der Waals surface area contributed by atoms with Gasteiger partial charge in [-0.2, -0.15) is 0 Å². The number of benzene rings is 1. The van der Waals surface area contributed by atoms with Crippen LogP contribution < -0.4 is 14.9 Å². The van der Waals surface area contributed by atoms with Crippen LogP contribution >= 0.6 is 0 Å². The van der Waals surface area contributed by atoms with Gasteiger partial charge in [-0.05, 0) is 55.1 Å². The summed E-state index contributed by atoms with van der Waals surface area (Å²) in [5, 5.41) is 7.95. The molecule has 2 N–H and O–H groups in total. The van der Waals surface area contributed by atoms with E-state index < -0.39 is 10.9 Å². The predicted molar refractivity (Wildman–Crippen MR) is 133 cm³/mol. The topological polar surface area (TPSA) is 108 Å². The van der Waals surface area contributed by atoms with Crippen molar-refractivity contribution in [2.24, 2.45) is 0 Å². The van der Waals surface area contributed by atoms with Crippen LogP contribution in [0.5, 0.6) is 0 Å². The van der Waals surface area contributed by atoms with Crippen LogP contribution in [0.4, 0.5) is 17.3 Å². The van der Waals surface area contributed by atoms with E-state index in [-0.39, 0.29) is 6.54 Å². The summed E-state index contributed by atoms with van der Waals surface area (Å²) in [7, 11) is -0.538. The van der Waals surface area contributed by atoms with Gasteiger partial charge in [0, 0.05) is 62.1 Å². The van der Waals surface area contributed by atoms with E-state index in [1.54, 1.807) is 29.2 Å². The Balaban J connectivity index is 1.38. The zero-order valence-electron chi connectivity index (χ0n) is 18.8. The summed E-state index contributed by atoms with van der Waals surface area (Å²) in [6.45, 7) is 4.36. The monoisotopic (exact) mass is 478 g/mol. The molecule has 0 radical (unpaired) electrons. The van der Waals surface area contributed by atoms with Crippen molar-refractivity contribution in [2.45, 2.75) is 6.54 Å². The van der Waals surface area contributed by atoms with Gasteiger partial charge in [-0.3, -0.25) is 4.98 Å². The Morgan fingerprint density at radius 3 is 2.53 bits per heavy atom. The van der Waals surface area contributed by atoms with Crippen LogP contribution in [0.1, 0.15) is 5.56 Å². The number of aromatic nitrogens is 4. The van der Waals surface area contributed by atoms with Crippen molar-refractivity contribution >= 4 is 33.7 Å². The summed E-state index contributed by atoms with van der Waals surface area (Å²) in [6.07, 6.45) is 5.10. The van der Waals surface area contributed by atoms with E-state index in [1.165, 1.54) is 5.69 Å². The molecule has 0 unspecified atom stereocenters. The fourth-order valence-corrected chi connectivity index (χ4v) is 4.37. The number of likely N-dealkylation sites (N-methyl/N-ethyl adjacent to an activating group) is 1. The molecule has 1 fully saturated rings. The second kappa shape index (κ2) is 9.75. The number of thiol groups is 1. The molecule has 1 aromatic carbocycles. The highest BCUT2D eigenvalue weighted by Crippen LogP contribution is 2.26. The molecule has 0 amide bonds. The third kappa shape index (κ3) is 4.86. The number of fused-ring (bicyclic) bond motifs is 1.